The molecular weight excluding hydrogens is 452 g/mol. The molecule has 0 bridgehead atoms. The second kappa shape index (κ2) is 12.4. The lowest BCUT2D eigenvalue weighted by Crippen LogP contribution is -2.53. The predicted octanol–water partition coefficient (Wildman–Crippen LogP) is 6.43. The third kappa shape index (κ3) is 7.09. The quantitative estimate of drug-likeness (QED) is 0.311. The Morgan fingerprint density at radius 2 is 1.50 bits per heavy atom. The maximum Gasteiger partial charge on any atom is 0.429 e. The summed E-state index contributed by atoms with van der Waals surface area (Å²) in [4.78, 5) is 25.8. The van der Waals surface area contributed by atoms with E-state index in [1.165, 1.54) is 10.6 Å². The Bertz CT molecular complexity index is 1190. The minimum Gasteiger partial charge on any atom is -0.443 e. The molecule has 0 aromatic heterocycles. The molecule has 0 saturated heterocycles. The molecular formula is C30H30N2O4. The number of amides is 2. The molecule has 0 fully saturated rings. The zero-order chi connectivity index (χ0) is 25.2. The number of rotatable bonds is 7. The maximum atomic E-state index is 13.2. The average molecular weight is 483 g/mol. The summed E-state index contributed by atoms with van der Waals surface area (Å²) in [6, 6.07) is 26.7. The lowest BCUT2D eigenvalue weighted by atomic mass is 10.0. The van der Waals surface area contributed by atoms with Gasteiger partial charge in [-0.1, -0.05) is 115 Å². The Kier molecular flexibility index (Phi) is 8.54. The van der Waals surface area contributed by atoms with E-state index in [2.05, 4.69) is 17.6 Å². The first-order valence-electron chi connectivity index (χ1n) is 12.0. The van der Waals surface area contributed by atoms with E-state index in [1.54, 1.807) is 0 Å². The zero-order valence-electron chi connectivity index (χ0n) is 20.2. The molecule has 6 nitrogen and oxygen atoms in total. The number of hydrazine groups is 1. The van der Waals surface area contributed by atoms with Gasteiger partial charge in [0.15, 0.2) is 0 Å². The zero-order valence-corrected chi connectivity index (χ0v) is 20.2. The Hall–Kier alpha value is -4.32. The number of nitrogens with one attached hydrogen (secondary N) is 1. The normalized spacial score (nSPS) is 16.6. The van der Waals surface area contributed by atoms with Gasteiger partial charge in [-0.3, -0.25) is 0 Å². The summed E-state index contributed by atoms with van der Waals surface area (Å²) in [5, 5.41) is 1.25. The molecule has 0 radical (unpaired) electrons. The standard InChI is InChI=1S/C30H30N2O4/c1-23-15-17-24(18-16-23)19-20-27-13-8-14-28(27)32(30(34)36-22-26-11-6-3-7-12-26)31-29(33)35-21-25-9-4-2-5-10-25/h2-13,15-20,27-28H,14,21-22H2,1H3,(H,31,33)/b20-19+/t27-,28+/m0/s1. The monoisotopic (exact) mass is 482 g/mol. The van der Waals surface area contributed by atoms with Crippen molar-refractivity contribution in [1.29, 1.82) is 0 Å². The SMILES string of the molecule is Cc1ccc(/C=C/[C@@H]2C=CC[C@H]2N(NC(=O)OCc2ccccc2)C(=O)OCc2ccccc2)cc1. The van der Waals surface area contributed by atoms with Gasteiger partial charge in [-0.05, 0) is 30.0 Å². The van der Waals surface area contributed by atoms with Crippen LogP contribution in [0.3, 0.4) is 0 Å². The van der Waals surface area contributed by atoms with E-state index in [0.717, 1.165) is 16.7 Å². The molecule has 0 saturated carbocycles. The number of carbonyl (C=O) groups is 2. The van der Waals surface area contributed by atoms with E-state index in [9.17, 15) is 9.59 Å². The highest BCUT2D eigenvalue weighted by atomic mass is 16.6. The topological polar surface area (TPSA) is 67.9 Å². The fourth-order valence-electron chi connectivity index (χ4n) is 3.94. The van der Waals surface area contributed by atoms with Crippen LogP contribution in [0.15, 0.2) is 103 Å². The Labute approximate surface area is 211 Å². The molecule has 36 heavy (non-hydrogen) atoms. The molecule has 0 aliphatic heterocycles. The van der Waals surface area contributed by atoms with Gasteiger partial charge in [-0.2, -0.15) is 0 Å². The van der Waals surface area contributed by atoms with Crippen molar-refractivity contribution in [2.45, 2.75) is 32.6 Å². The first-order valence-corrected chi connectivity index (χ1v) is 12.0. The smallest absolute Gasteiger partial charge is 0.429 e. The molecule has 2 atom stereocenters. The predicted molar refractivity (Wildman–Crippen MR) is 139 cm³/mol. The second-order valence-electron chi connectivity index (χ2n) is 8.66. The summed E-state index contributed by atoms with van der Waals surface area (Å²) in [6.45, 7) is 2.24. The van der Waals surface area contributed by atoms with Gasteiger partial charge in [-0.25, -0.2) is 20.0 Å². The van der Waals surface area contributed by atoms with Crippen molar-refractivity contribution in [3.05, 3.63) is 125 Å². The summed E-state index contributed by atoms with van der Waals surface area (Å²) in [5.41, 5.74) is 6.59. The lowest BCUT2D eigenvalue weighted by molar-refractivity contribution is 0.0436. The van der Waals surface area contributed by atoms with E-state index in [-0.39, 0.29) is 25.2 Å². The Balaban J connectivity index is 1.45. The van der Waals surface area contributed by atoms with Crippen molar-refractivity contribution >= 4 is 18.3 Å². The summed E-state index contributed by atoms with van der Waals surface area (Å²) >= 11 is 0. The molecule has 0 unspecified atom stereocenters. The van der Waals surface area contributed by atoms with E-state index in [4.69, 9.17) is 9.47 Å². The fourth-order valence-corrected chi connectivity index (χ4v) is 3.94. The highest BCUT2D eigenvalue weighted by Crippen LogP contribution is 2.26. The summed E-state index contributed by atoms with van der Waals surface area (Å²) < 4.78 is 10.9. The number of nitrogens with zero attached hydrogens (tertiary/aromatic N) is 1. The summed E-state index contributed by atoms with van der Waals surface area (Å²) in [7, 11) is 0. The Morgan fingerprint density at radius 3 is 2.14 bits per heavy atom. The van der Waals surface area contributed by atoms with E-state index >= 15 is 0 Å². The van der Waals surface area contributed by atoms with Gasteiger partial charge in [0.1, 0.15) is 13.2 Å². The number of hydrogen-bond acceptors (Lipinski definition) is 4. The van der Waals surface area contributed by atoms with Gasteiger partial charge in [0.2, 0.25) is 0 Å². The molecule has 184 valence electrons. The third-order valence-corrected chi connectivity index (χ3v) is 5.93. The van der Waals surface area contributed by atoms with Gasteiger partial charge in [0, 0.05) is 5.92 Å². The molecule has 3 aromatic rings. The van der Waals surface area contributed by atoms with Crippen molar-refractivity contribution in [1.82, 2.24) is 10.4 Å². The van der Waals surface area contributed by atoms with Crippen LogP contribution in [0, 0.1) is 12.8 Å². The molecule has 3 aromatic carbocycles. The van der Waals surface area contributed by atoms with Crippen molar-refractivity contribution in [3.8, 4) is 0 Å². The van der Waals surface area contributed by atoms with Gasteiger partial charge in [0.05, 0.1) is 6.04 Å². The average Bonchev–Trinajstić information content (AvgIpc) is 3.38. The van der Waals surface area contributed by atoms with Crippen LogP contribution < -0.4 is 5.43 Å². The highest BCUT2D eigenvalue weighted by Gasteiger charge is 2.33. The summed E-state index contributed by atoms with van der Waals surface area (Å²) in [6.07, 6.45) is 7.30. The summed E-state index contributed by atoms with van der Waals surface area (Å²) in [5.74, 6) is -0.106. The second-order valence-corrected chi connectivity index (χ2v) is 8.66. The first-order chi connectivity index (χ1) is 17.6. The number of aryl methyl sites for hydroxylation is 1. The van der Waals surface area contributed by atoms with Crippen molar-refractivity contribution in [3.63, 3.8) is 0 Å². The Morgan fingerprint density at radius 1 is 0.889 bits per heavy atom. The van der Waals surface area contributed by atoms with Crippen LogP contribution in [0.5, 0.6) is 0 Å². The number of ether oxygens (including phenoxy) is 2. The number of benzene rings is 3. The van der Waals surface area contributed by atoms with Crippen LogP contribution in [0.25, 0.3) is 6.08 Å². The van der Waals surface area contributed by atoms with Crippen LogP contribution in [0.1, 0.15) is 28.7 Å². The molecule has 4 rings (SSSR count). The van der Waals surface area contributed by atoms with Crippen LogP contribution in [0.2, 0.25) is 0 Å². The lowest BCUT2D eigenvalue weighted by Gasteiger charge is -2.31. The molecule has 6 heteroatoms. The molecule has 0 heterocycles. The largest absolute Gasteiger partial charge is 0.443 e. The number of hydrogen-bond donors (Lipinski definition) is 1. The van der Waals surface area contributed by atoms with E-state index in [1.807, 2.05) is 104 Å². The van der Waals surface area contributed by atoms with Crippen LogP contribution in [0.4, 0.5) is 9.59 Å². The molecule has 0 spiro atoms. The first kappa shape index (κ1) is 24.8. The van der Waals surface area contributed by atoms with Gasteiger partial charge in [0.25, 0.3) is 0 Å². The molecule has 1 N–H and O–H groups in total. The van der Waals surface area contributed by atoms with Gasteiger partial charge < -0.3 is 9.47 Å². The van der Waals surface area contributed by atoms with Gasteiger partial charge >= 0.3 is 12.2 Å². The maximum absolute atomic E-state index is 13.2. The van der Waals surface area contributed by atoms with Crippen LogP contribution in [-0.2, 0) is 22.7 Å². The minimum absolute atomic E-state index is 0.0965. The molecule has 1 aliphatic rings. The van der Waals surface area contributed by atoms with E-state index in [0.29, 0.717) is 6.42 Å². The fraction of sp³-hybridized carbons (Fsp3) is 0.200. The van der Waals surface area contributed by atoms with E-state index < -0.39 is 12.2 Å². The van der Waals surface area contributed by atoms with Gasteiger partial charge in [-0.15, -0.1) is 0 Å². The molecule has 2 amide bonds. The van der Waals surface area contributed by atoms with Crippen LogP contribution >= 0.6 is 0 Å². The van der Waals surface area contributed by atoms with Crippen LogP contribution in [-0.4, -0.2) is 23.2 Å². The van der Waals surface area contributed by atoms with Crippen molar-refractivity contribution in [2.75, 3.05) is 0 Å². The van der Waals surface area contributed by atoms with Crippen molar-refractivity contribution < 1.29 is 19.1 Å². The highest BCUT2D eigenvalue weighted by molar-refractivity contribution is 5.74. The number of carbonyl (C=O) groups excluding carboxylic acids is 2. The third-order valence-electron chi connectivity index (χ3n) is 5.93. The van der Waals surface area contributed by atoms with Crippen molar-refractivity contribution in [2.24, 2.45) is 5.92 Å². The molecule has 1 aliphatic carbocycles. The minimum atomic E-state index is -0.719.